The Morgan fingerprint density at radius 2 is 1.96 bits per heavy atom. The van der Waals surface area contributed by atoms with E-state index in [1.54, 1.807) is 6.26 Å². The summed E-state index contributed by atoms with van der Waals surface area (Å²) in [6.07, 6.45) is 3.85. The van der Waals surface area contributed by atoms with Crippen molar-refractivity contribution in [1.29, 1.82) is 0 Å². The summed E-state index contributed by atoms with van der Waals surface area (Å²) in [6, 6.07) is 13.5. The highest BCUT2D eigenvalue weighted by Crippen LogP contribution is 2.29. The van der Waals surface area contributed by atoms with Crippen molar-refractivity contribution in [2.24, 2.45) is 0 Å². The molecule has 7 heteroatoms. The molecule has 5 rings (SSSR count). The smallest absolute Gasteiger partial charge is 0.261 e. The molecular weight excluding hydrogens is 372 g/mol. The first kappa shape index (κ1) is 16.9. The first-order chi connectivity index (χ1) is 13.8. The number of furan rings is 1. The SMILES string of the molecule is O=C(Nc1nc(-c2ccco2)cs1)c1cc2ccccc2nc1N1CCCC1. The molecule has 1 saturated heterocycles. The lowest BCUT2D eigenvalue weighted by Gasteiger charge is -2.20. The third kappa shape index (κ3) is 3.14. The molecule has 1 aromatic carbocycles. The molecule has 4 aromatic rings. The largest absolute Gasteiger partial charge is 0.463 e. The van der Waals surface area contributed by atoms with Crippen molar-refractivity contribution in [2.45, 2.75) is 12.8 Å². The maximum absolute atomic E-state index is 13.1. The maximum Gasteiger partial charge on any atom is 0.261 e. The number of hydrogen-bond acceptors (Lipinski definition) is 6. The molecule has 1 amide bonds. The van der Waals surface area contributed by atoms with Crippen LogP contribution in [0, 0.1) is 0 Å². The van der Waals surface area contributed by atoms with Crippen LogP contribution in [0.3, 0.4) is 0 Å². The average Bonchev–Trinajstić information content (AvgIpc) is 3.49. The van der Waals surface area contributed by atoms with Gasteiger partial charge in [0.15, 0.2) is 10.9 Å². The number of nitrogens with zero attached hydrogens (tertiary/aromatic N) is 3. The van der Waals surface area contributed by atoms with E-state index in [9.17, 15) is 4.79 Å². The molecule has 6 nitrogen and oxygen atoms in total. The number of hydrogen-bond donors (Lipinski definition) is 1. The molecule has 1 N–H and O–H groups in total. The lowest BCUT2D eigenvalue weighted by Crippen LogP contribution is -2.24. The highest BCUT2D eigenvalue weighted by molar-refractivity contribution is 7.14. The van der Waals surface area contributed by atoms with Crippen molar-refractivity contribution < 1.29 is 9.21 Å². The lowest BCUT2D eigenvalue weighted by atomic mass is 10.1. The van der Waals surface area contributed by atoms with Gasteiger partial charge in [-0.1, -0.05) is 18.2 Å². The van der Waals surface area contributed by atoms with Gasteiger partial charge in [-0.3, -0.25) is 10.1 Å². The van der Waals surface area contributed by atoms with E-state index < -0.39 is 0 Å². The van der Waals surface area contributed by atoms with E-state index in [0.29, 0.717) is 22.1 Å². The van der Waals surface area contributed by atoms with E-state index in [4.69, 9.17) is 9.40 Å². The van der Waals surface area contributed by atoms with Crippen LogP contribution in [-0.2, 0) is 0 Å². The summed E-state index contributed by atoms with van der Waals surface area (Å²) < 4.78 is 5.37. The van der Waals surface area contributed by atoms with Crippen molar-refractivity contribution in [2.75, 3.05) is 23.3 Å². The molecule has 0 saturated carbocycles. The van der Waals surface area contributed by atoms with Gasteiger partial charge >= 0.3 is 0 Å². The molecule has 3 aromatic heterocycles. The third-order valence-corrected chi connectivity index (χ3v) is 5.61. The second kappa shape index (κ2) is 7.09. The van der Waals surface area contributed by atoms with Gasteiger partial charge in [-0.15, -0.1) is 11.3 Å². The van der Waals surface area contributed by atoms with E-state index in [-0.39, 0.29) is 5.91 Å². The number of nitrogens with one attached hydrogen (secondary N) is 1. The van der Waals surface area contributed by atoms with E-state index in [1.807, 2.05) is 47.8 Å². The predicted molar refractivity (Wildman–Crippen MR) is 111 cm³/mol. The van der Waals surface area contributed by atoms with Crippen LogP contribution in [-0.4, -0.2) is 29.0 Å². The summed E-state index contributed by atoms with van der Waals surface area (Å²) >= 11 is 1.38. The Labute approximate surface area is 165 Å². The Morgan fingerprint density at radius 1 is 1.11 bits per heavy atom. The van der Waals surface area contributed by atoms with E-state index >= 15 is 0 Å². The fraction of sp³-hybridized carbons (Fsp3) is 0.190. The topological polar surface area (TPSA) is 71.3 Å². The minimum atomic E-state index is -0.194. The minimum absolute atomic E-state index is 0.194. The number of amides is 1. The second-order valence-electron chi connectivity index (χ2n) is 6.72. The van der Waals surface area contributed by atoms with Crippen LogP contribution < -0.4 is 10.2 Å². The van der Waals surface area contributed by atoms with E-state index in [2.05, 4.69) is 15.2 Å². The van der Waals surface area contributed by atoms with Crippen LogP contribution in [0.1, 0.15) is 23.2 Å². The Hall–Kier alpha value is -3.19. The van der Waals surface area contributed by atoms with Crippen molar-refractivity contribution in [3.8, 4) is 11.5 Å². The molecule has 28 heavy (non-hydrogen) atoms. The summed E-state index contributed by atoms with van der Waals surface area (Å²) in [5.41, 5.74) is 2.19. The Balaban J connectivity index is 1.49. The molecule has 4 heterocycles. The Kier molecular flexibility index (Phi) is 4.29. The highest BCUT2D eigenvalue weighted by atomic mass is 32.1. The van der Waals surface area contributed by atoms with Crippen LogP contribution in [0.4, 0.5) is 10.9 Å². The number of anilines is 2. The molecule has 0 aliphatic carbocycles. The normalized spacial score (nSPS) is 13.9. The van der Waals surface area contributed by atoms with Crippen LogP contribution in [0.15, 0.2) is 58.5 Å². The van der Waals surface area contributed by atoms with E-state index in [0.717, 1.165) is 42.7 Å². The number of aromatic nitrogens is 2. The molecule has 0 spiro atoms. The number of benzene rings is 1. The van der Waals surface area contributed by atoms with Crippen molar-refractivity contribution in [1.82, 2.24) is 9.97 Å². The zero-order valence-electron chi connectivity index (χ0n) is 15.1. The molecule has 1 fully saturated rings. The fourth-order valence-corrected chi connectivity index (χ4v) is 4.17. The van der Waals surface area contributed by atoms with Gasteiger partial charge in [0.1, 0.15) is 11.5 Å². The highest BCUT2D eigenvalue weighted by Gasteiger charge is 2.23. The van der Waals surface area contributed by atoms with Gasteiger partial charge in [0, 0.05) is 23.9 Å². The first-order valence-electron chi connectivity index (χ1n) is 9.23. The number of fused-ring (bicyclic) bond motifs is 1. The average molecular weight is 390 g/mol. The van der Waals surface area contributed by atoms with Crippen molar-refractivity contribution in [3.63, 3.8) is 0 Å². The number of para-hydroxylation sites is 1. The quantitative estimate of drug-likeness (QED) is 0.542. The number of thiazole rings is 1. The second-order valence-corrected chi connectivity index (χ2v) is 7.57. The van der Waals surface area contributed by atoms with Gasteiger partial charge in [-0.05, 0) is 37.1 Å². The Morgan fingerprint density at radius 3 is 2.79 bits per heavy atom. The van der Waals surface area contributed by atoms with Crippen LogP contribution in [0.5, 0.6) is 0 Å². The van der Waals surface area contributed by atoms with Gasteiger partial charge in [-0.25, -0.2) is 9.97 Å². The van der Waals surface area contributed by atoms with Gasteiger partial charge in [0.25, 0.3) is 5.91 Å². The standard InChI is InChI=1S/C21H18N4O2S/c26-20(24-21-23-17(13-28-21)18-8-5-11-27-18)15-12-14-6-1-2-7-16(14)22-19(15)25-9-3-4-10-25/h1-2,5-8,11-13H,3-4,9-10H2,(H,23,24,26). The van der Waals surface area contributed by atoms with Crippen molar-refractivity contribution >= 4 is 39.1 Å². The van der Waals surface area contributed by atoms with Gasteiger partial charge in [0.2, 0.25) is 0 Å². The zero-order valence-corrected chi connectivity index (χ0v) is 15.9. The van der Waals surface area contributed by atoms with E-state index in [1.165, 1.54) is 11.3 Å². The number of carbonyl (C=O) groups excluding carboxylic acids is 1. The monoisotopic (exact) mass is 390 g/mol. The summed E-state index contributed by atoms with van der Waals surface area (Å²) in [6.45, 7) is 1.84. The lowest BCUT2D eigenvalue weighted by molar-refractivity contribution is 0.102. The van der Waals surface area contributed by atoms with Gasteiger partial charge in [0.05, 0.1) is 17.3 Å². The fourth-order valence-electron chi connectivity index (χ4n) is 3.48. The van der Waals surface area contributed by atoms with Crippen molar-refractivity contribution in [3.05, 3.63) is 59.7 Å². The molecule has 0 unspecified atom stereocenters. The summed E-state index contributed by atoms with van der Waals surface area (Å²) in [4.78, 5) is 24.6. The summed E-state index contributed by atoms with van der Waals surface area (Å²) in [7, 11) is 0. The first-order valence-corrected chi connectivity index (χ1v) is 10.1. The van der Waals surface area contributed by atoms with Gasteiger partial charge in [-0.2, -0.15) is 0 Å². The zero-order chi connectivity index (χ0) is 18.9. The van der Waals surface area contributed by atoms with Crippen LogP contribution in [0.25, 0.3) is 22.4 Å². The molecule has 140 valence electrons. The maximum atomic E-state index is 13.1. The minimum Gasteiger partial charge on any atom is -0.463 e. The summed E-state index contributed by atoms with van der Waals surface area (Å²) in [5.74, 6) is 1.24. The van der Waals surface area contributed by atoms with Crippen LogP contribution in [0.2, 0.25) is 0 Å². The van der Waals surface area contributed by atoms with Gasteiger partial charge < -0.3 is 9.32 Å². The molecule has 0 atom stereocenters. The predicted octanol–water partition coefficient (Wildman–Crippen LogP) is 4.80. The molecule has 0 bridgehead atoms. The molecule has 1 aliphatic heterocycles. The third-order valence-electron chi connectivity index (χ3n) is 4.85. The number of carbonyl (C=O) groups is 1. The Bertz CT molecular complexity index is 1130. The number of rotatable bonds is 4. The summed E-state index contributed by atoms with van der Waals surface area (Å²) in [5, 5.41) is 6.29. The number of pyridine rings is 1. The molecular formula is C21H18N4O2S. The van der Waals surface area contributed by atoms with Crippen LogP contribution >= 0.6 is 11.3 Å². The molecule has 1 aliphatic rings. The molecule has 0 radical (unpaired) electrons.